The third kappa shape index (κ3) is 4.63. The SMILES string of the molecule is CC(=O)c1ccc(Nc2ccnc(NCCc3ccccc3F)n2)cc1. The van der Waals surface area contributed by atoms with Gasteiger partial charge in [-0.05, 0) is 55.3 Å². The smallest absolute Gasteiger partial charge is 0.224 e. The fraction of sp³-hybridized carbons (Fsp3) is 0.150. The highest BCUT2D eigenvalue weighted by Crippen LogP contribution is 2.16. The van der Waals surface area contributed by atoms with Gasteiger partial charge in [0, 0.05) is 24.0 Å². The highest BCUT2D eigenvalue weighted by molar-refractivity contribution is 5.94. The molecule has 0 radical (unpaired) electrons. The molecule has 1 aromatic heterocycles. The van der Waals surface area contributed by atoms with Crippen molar-refractivity contribution in [2.24, 2.45) is 0 Å². The van der Waals surface area contributed by atoms with Gasteiger partial charge in [-0.1, -0.05) is 18.2 Å². The maximum atomic E-state index is 13.6. The largest absolute Gasteiger partial charge is 0.354 e. The average molecular weight is 350 g/mol. The van der Waals surface area contributed by atoms with Crippen LogP contribution in [0.4, 0.5) is 21.8 Å². The average Bonchev–Trinajstić information content (AvgIpc) is 2.64. The lowest BCUT2D eigenvalue weighted by Crippen LogP contribution is -2.09. The van der Waals surface area contributed by atoms with Crippen molar-refractivity contribution in [2.45, 2.75) is 13.3 Å². The van der Waals surface area contributed by atoms with Crippen LogP contribution in [0.2, 0.25) is 0 Å². The molecule has 0 atom stereocenters. The molecule has 6 heteroatoms. The lowest BCUT2D eigenvalue weighted by molar-refractivity contribution is 0.101. The van der Waals surface area contributed by atoms with E-state index in [1.165, 1.54) is 13.0 Å². The number of carbonyl (C=O) groups is 1. The number of Topliss-reactive ketones (excluding diaryl/α,β-unsaturated/α-hetero) is 1. The summed E-state index contributed by atoms with van der Waals surface area (Å²) in [6.07, 6.45) is 2.19. The summed E-state index contributed by atoms with van der Waals surface area (Å²) in [6.45, 7) is 2.06. The van der Waals surface area contributed by atoms with Crippen LogP contribution in [-0.4, -0.2) is 22.3 Å². The standard InChI is InChI=1S/C20H19FN4O/c1-14(26)15-6-8-17(9-7-15)24-19-11-13-23-20(25-19)22-12-10-16-4-2-3-5-18(16)21/h2-9,11,13H,10,12H2,1H3,(H2,22,23,24,25). The summed E-state index contributed by atoms with van der Waals surface area (Å²) >= 11 is 0. The number of nitrogens with zero attached hydrogens (tertiary/aromatic N) is 2. The zero-order valence-electron chi connectivity index (χ0n) is 14.4. The maximum absolute atomic E-state index is 13.6. The topological polar surface area (TPSA) is 66.9 Å². The summed E-state index contributed by atoms with van der Waals surface area (Å²) in [5.41, 5.74) is 2.14. The minimum atomic E-state index is -0.209. The summed E-state index contributed by atoms with van der Waals surface area (Å²) in [4.78, 5) is 19.9. The molecule has 5 nitrogen and oxygen atoms in total. The van der Waals surface area contributed by atoms with E-state index in [0.29, 0.717) is 35.9 Å². The maximum Gasteiger partial charge on any atom is 0.224 e. The van der Waals surface area contributed by atoms with E-state index in [0.717, 1.165) is 5.69 Å². The summed E-state index contributed by atoms with van der Waals surface area (Å²) in [6, 6.07) is 15.6. The number of carbonyl (C=O) groups excluding carboxylic acids is 1. The molecule has 3 rings (SSSR count). The van der Waals surface area contributed by atoms with Gasteiger partial charge in [0.25, 0.3) is 0 Å². The monoisotopic (exact) mass is 350 g/mol. The summed E-state index contributed by atoms with van der Waals surface area (Å²) < 4.78 is 13.6. The molecule has 0 aliphatic carbocycles. The highest BCUT2D eigenvalue weighted by Gasteiger charge is 2.03. The molecule has 1 heterocycles. The Morgan fingerprint density at radius 2 is 1.85 bits per heavy atom. The first-order valence-electron chi connectivity index (χ1n) is 8.30. The molecular formula is C20H19FN4O. The van der Waals surface area contributed by atoms with Crippen LogP contribution in [-0.2, 0) is 6.42 Å². The van der Waals surface area contributed by atoms with Crippen LogP contribution in [0.15, 0.2) is 60.8 Å². The van der Waals surface area contributed by atoms with Crippen molar-refractivity contribution in [2.75, 3.05) is 17.2 Å². The van der Waals surface area contributed by atoms with Crippen LogP contribution in [0.1, 0.15) is 22.8 Å². The van der Waals surface area contributed by atoms with E-state index in [9.17, 15) is 9.18 Å². The van der Waals surface area contributed by atoms with E-state index in [-0.39, 0.29) is 11.6 Å². The first-order valence-corrected chi connectivity index (χ1v) is 8.30. The quantitative estimate of drug-likeness (QED) is 0.625. The Kier molecular flexibility index (Phi) is 5.53. The number of benzene rings is 2. The number of ketones is 1. The Bertz CT molecular complexity index is 896. The Hall–Kier alpha value is -3.28. The lowest BCUT2D eigenvalue weighted by Gasteiger charge is -2.09. The van der Waals surface area contributed by atoms with Gasteiger partial charge >= 0.3 is 0 Å². The molecule has 0 amide bonds. The normalized spacial score (nSPS) is 10.4. The van der Waals surface area contributed by atoms with Crippen LogP contribution in [0.3, 0.4) is 0 Å². The zero-order chi connectivity index (χ0) is 18.4. The summed E-state index contributed by atoms with van der Waals surface area (Å²) in [7, 11) is 0. The van der Waals surface area contributed by atoms with Crippen molar-refractivity contribution in [1.82, 2.24) is 9.97 Å². The van der Waals surface area contributed by atoms with Crippen LogP contribution < -0.4 is 10.6 Å². The minimum Gasteiger partial charge on any atom is -0.354 e. The molecule has 0 fully saturated rings. The number of halogens is 1. The molecule has 0 aliphatic rings. The minimum absolute atomic E-state index is 0.0277. The van der Waals surface area contributed by atoms with E-state index in [1.807, 2.05) is 18.2 Å². The zero-order valence-corrected chi connectivity index (χ0v) is 14.4. The fourth-order valence-corrected chi connectivity index (χ4v) is 2.46. The van der Waals surface area contributed by atoms with Crippen LogP contribution in [0, 0.1) is 5.82 Å². The van der Waals surface area contributed by atoms with E-state index >= 15 is 0 Å². The van der Waals surface area contributed by atoms with Crippen LogP contribution >= 0.6 is 0 Å². The summed E-state index contributed by atoms with van der Waals surface area (Å²) in [5, 5.41) is 6.26. The van der Waals surface area contributed by atoms with Gasteiger partial charge in [-0.3, -0.25) is 4.79 Å². The molecule has 3 aromatic rings. The first-order chi connectivity index (χ1) is 12.6. The molecule has 2 N–H and O–H groups in total. The molecule has 132 valence electrons. The van der Waals surface area contributed by atoms with Crippen molar-refractivity contribution in [1.29, 1.82) is 0 Å². The Balaban J connectivity index is 1.59. The van der Waals surface area contributed by atoms with Crippen molar-refractivity contribution < 1.29 is 9.18 Å². The van der Waals surface area contributed by atoms with Gasteiger partial charge in [-0.25, -0.2) is 9.37 Å². The number of hydrogen-bond donors (Lipinski definition) is 2. The van der Waals surface area contributed by atoms with Gasteiger partial charge in [0.1, 0.15) is 11.6 Å². The van der Waals surface area contributed by atoms with E-state index < -0.39 is 0 Å². The second kappa shape index (κ2) is 8.20. The molecule has 0 bridgehead atoms. The van der Waals surface area contributed by atoms with Gasteiger partial charge < -0.3 is 10.6 Å². The third-order valence-electron chi connectivity index (χ3n) is 3.85. The van der Waals surface area contributed by atoms with E-state index in [2.05, 4.69) is 20.6 Å². The highest BCUT2D eigenvalue weighted by atomic mass is 19.1. The molecule has 2 aromatic carbocycles. The molecule has 0 aliphatic heterocycles. The van der Waals surface area contributed by atoms with Crippen molar-refractivity contribution in [3.05, 3.63) is 77.7 Å². The van der Waals surface area contributed by atoms with Gasteiger partial charge in [0.05, 0.1) is 0 Å². The Morgan fingerprint density at radius 3 is 2.58 bits per heavy atom. The van der Waals surface area contributed by atoms with Gasteiger partial charge in [0.2, 0.25) is 5.95 Å². The predicted octanol–water partition coefficient (Wildman–Crippen LogP) is 4.22. The van der Waals surface area contributed by atoms with Crippen molar-refractivity contribution in [3.63, 3.8) is 0 Å². The summed E-state index contributed by atoms with van der Waals surface area (Å²) in [5.74, 6) is 0.912. The van der Waals surface area contributed by atoms with E-state index in [4.69, 9.17) is 0 Å². The number of anilines is 3. The van der Waals surface area contributed by atoms with Crippen LogP contribution in [0.5, 0.6) is 0 Å². The van der Waals surface area contributed by atoms with Gasteiger partial charge in [-0.15, -0.1) is 0 Å². The van der Waals surface area contributed by atoms with Gasteiger partial charge in [0.15, 0.2) is 5.78 Å². The molecular weight excluding hydrogens is 331 g/mol. The Labute approximate surface area is 151 Å². The second-order valence-corrected chi connectivity index (χ2v) is 5.79. The second-order valence-electron chi connectivity index (χ2n) is 5.79. The molecule has 0 unspecified atom stereocenters. The van der Waals surface area contributed by atoms with Crippen molar-refractivity contribution in [3.8, 4) is 0 Å². The lowest BCUT2D eigenvalue weighted by atomic mass is 10.1. The van der Waals surface area contributed by atoms with Gasteiger partial charge in [-0.2, -0.15) is 4.98 Å². The Morgan fingerprint density at radius 1 is 1.08 bits per heavy atom. The predicted molar refractivity (Wildman–Crippen MR) is 100 cm³/mol. The molecule has 0 saturated carbocycles. The molecule has 26 heavy (non-hydrogen) atoms. The van der Waals surface area contributed by atoms with E-state index in [1.54, 1.807) is 36.5 Å². The third-order valence-corrected chi connectivity index (χ3v) is 3.85. The molecule has 0 spiro atoms. The fourth-order valence-electron chi connectivity index (χ4n) is 2.46. The van der Waals surface area contributed by atoms with Crippen LogP contribution in [0.25, 0.3) is 0 Å². The first kappa shape index (κ1) is 17.5. The van der Waals surface area contributed by atoms with Crippen molar-refractivity contribution >= 4 is 23.2 Å². The molecule has 0 saturated heterocycles. The number of aromatic nitrogens is 2. The number of rotatable bonds is 7. The number of nitrogens with one attached hydrogen (secondary N) is 2. The number of hydrogen-bond acceptors (Lipinski definition) is 5.